The van der Waals surface area contributed by atoms with Gasteiger partial charge in [-0.3, -0.25) is 4.57 Å². The molecule has 0 saturated carbocycles. The molecule has 3 aromatic rings. The fourth-order valence-electron chi connectivity index (χ4n) is 3.50. The van der Waals surface area contributed by atoms with E-state index < -0.39 is 0 Å². The molecule has 0 radical (unpaired) electrons. The number of carbonyl (C=O) groups excluding carboxylic acids is 1. The SMILES string of the molecule is CC(C)Cc1ccc(C(NC(=O)NCc2nncn2-c2ccccc2)C(C)C)cc1. The van der Waals surface area contributed by atoms with Gasteiger partial charge < -0.3 is 10.6 Å². The number of urea groups is 1. The second-order valence-corrected chi connectivity index (χ2v) is 8.34. The molecular formula is C24H31N5O. The van der Waals surface area contributed by atoms with E-state index in [1.165, 1.54) is 5.56 Å². The first-order valence-corrected chi connectivity index (χ1v) is 10.5. The van der Waals surface area contributed by atoms with Crippen LogP contribution in [0.2, 0.25) is 0 Å². The van der Waals surface area contributed by atoms with E-state index in [9.17, 15) is 4.79 Å². The smallest absolute Gasteiger partial charge is 0.315 e. The van der Waals surface area contributed by atoms with Gasteiger partial charge in [0, 0.05) is 5.69 Å². The summed E-state index contributed by atoms with van der Waals surface area (Å²) in [5, 5.41) is 14.1. The van der Waals surface area contributed by atoms with E-state index in [-0.39, 0.29) is 18.0 Å². The van der Waals surface area contributed by atoms with Crippen molar-refractivity contribution in [3.63, 3.8) is 0 Å². The Morgan fingerprint density at radius 2 is 1.70 bits per heavy atom. The zero-order valence-electron chi connectivity index (χ0n) is 18.2. The molecule has 0 aliphatic carbocycles. The molecule has 1 heterocycles. The van der Waals surface area contributed by atoms with Gasteiger partial charge in [0.05, 0.1) is 12.6 Å². The number of aromatic nitrogens is 3. The largest absolute Gasteiger partial charge is 0.331 e. The first-order chi connectivity index (χ1) is 14.4. The van der Waals surface area contributed by atoms with Crippen LogP contribution < -0.4 is 10.6 Å². The molecule has 1 aromatic heterocycles. The number of rotatable bonds is 8. The minimum absolute atomic E-state index is 0.0647. The Bertz CT molecular complexity index is 932. The number of amides is 2. The Balaban J connectivity index is 1.62. The zero-order valence-corrected chi connectivity index (χ0v) is 18.2. The van der Waals surface area contributed by atoms with Gasteiger partial charge in [-0.15, -0.1) is 10.2 Å². The molecule has 0 aliphatic rings. The molecule has 0 fully saturated rings. The number of nitrogens with zero attached hydrogens (tertiary/aromatic N) is 3. The van der Waals surface area contributed by atoms with E-state index in [4.69, 9.17) is 0 Å². The van der Waals surface area contributed by atoms with Gasteiger partial charge in [0.25, 0.3) is 0 Å². The van der Waals surface area contributed by atoms with E-state index in [0.29, 0.717) is 18.3 Å². The van der Waals surface area contributed by atoms with E-state index in [2.05, 4.69) is 72.8 Å². The van der Waals surface area contributed by atoms with Gasteiger partial charge in [0.1, 0.15) is 6.33 Å². The number of hydrogen-bond acceptors (Lipinski definition) is 3. The Morgan fingerprint density at radius 1 is 1.00 bits per heavy atom. The molecule has 158 valence electrons. The standard InChI is InChI=1S/C24H31N5O/c1-17(2)14-19-10-12-20(13-11-19)23(18(3)4)27-24(30)25-15-22-28-26-16-29(22)21-8-6-5-7-9-21/h5-13,16-18,23H,14-15H2,1-4H3,(H2,25,27,30). The summed E-state index contributed by atoms with van der Waals surface area (Å²) in [5.41, 5.74) is 3.39. The normalized spacial score (nSPS) is 12.2. The molecule has 2 amide bonds. The lowest BCUT2D eigenvalue weighted by molar-refractivity contribution is 0.232. The molecule has 2 N–H and O–H groups in total. The average molecular weight is 406 g/mol. The number of hydrogen-bond donors (Lipinski definition) is 2. The fraction of sp³-hybridized carbons (Fsp3) is 0.375. The van der Waals surface area contributed by atoms with Crippen LogP contribution in [0.5, 0.6) is 0 Å². The van der Waals surface area contributed by atoms with Crippen LogP contribution in [0.3, 0.4) is 0 Å². The van der Waals surface area contributed by atoms with Crippen molar-refractivity contribution in [2.24, 2.45) is 11.8 Å². The molecule has 2 aromatic carbocycles. The fourth-order valence-corrected chi connectivity index (χ4v) is 3.50. The number of carbonyl (C=O) groups is 1. The monoisotopic (exact) mass is 405 g/mol. The zero-order chi connectivity index (χ0) is 21.5. The van der Waals surface area contributed by atoms with Gasteiger partial charge in [-0.2, -0.15) is 0 Å². The molecule has 0 bridgehead atoms. The molecule has 1 atom stereocenters. The number of nitrogens with one attached hydrogen (secondary N) is 2. The molecular weight excluding hydrogens is 374 g/mol. The van der Waals surface area contributed by atoms with E-state index in [1.807, 2.05) is 34.9 Å². The second-order valence-electron chi connectivity index (χ2n) is 8.34. The third kappa shape index (κ3) is 5.69. The van der Waals surface area contributed by atoms with Crippen LogP contribution >= 0.6 is 0 Å². The van der Waals surface area contributed by atoms with Crippen LogP contribution in [-0.2, 0) is 13.0 Å². The number of para-hydroxylation sites is 1. The highest BCUT2D eigenvalue weighted by Crippen LogP contribution is 2.22. The maximum Gasteiger partial charge on any atom is 0.315 e. The van der Waals surface area contributed by atoms with Crippen LogP contribution in [0, 0.1) is 11.8 Å². The summed E-state index contributed by atoms with van der Waals surface area (Å²) in [7, 11) is 0. The molecule has 0 aliphatic heterocycles. The summed E-state index contributed by atoms with van der Waals surface area (Å²) in [6, 6.07) is 18.1. The molecule has 6 heteroatoms. The lowest BCUT2D eigenvalue weighted by Crippen LogP contribution is -2.39. The van der Waals surface area contributed by atoms with Crippen LogP contribution in [-0.4, -0.2) is 20.8 Å². The molecule has 1 unspecified atom stereocenters. The molecule has 3 rings (SSSR count). The summed E-state index contributed by atoms with van der Waals surface area (Å²) in [6.07, 6.45) is 2.71. The quantitative estimate of drug-likeness (QED) is 0.572. The second kappa shape index (κ2) is 10.1. The highest BCUT2D eigenvalue weighted by atomic mass is 16.2. The van der Waals surface area contributed by atoms with Gasteiger partial charge in [0.15, 0.2) is 5.82 Å². The lowest BCUT2D eigenvalue weighted by atomic mass is 9.94. The van der Waals surface area contributed by atoms with Crippen molar-refractivity contribution in [3.05, 3.63) is 77.9 Å². The minimum atomic E-state index is -0.220. The first-order valence-electron chi connectivity index (χ1n) is 10.5. The van der Waals surface area contributed by atoms with Gasteiger partial charge >= 0.3 is 6.03 Å². The highest BCUT2D eigenvalue weighted by molar-refractivity contribution is 5.74. The Hall–Kier alpha value is -3.15. The van der Waals surface area contributed by atoms with Crippen molar-refractivity contribution in [1.82, 2.24) is 25.4 Å². The molecule has 6 nitrogen and oxygen atoms in total. The van der Waals surface area contributed by atoms with Gasteiger partial charge in [-0.25, -0.2) is 4.79 Å². The van der Waals surface area contributed by atoms with E-state index in [0.717, 1.165) is 17.7 Å². The summed E-state index contributed by atoms with van der Waals surface area (Å²) in [4.78, 5) is 12.6. The van der Waals surface area contributed by atoms with Crippen molar-refractivity contribution in [2.75, 3.05) is 0 Å². The predicted octanol–water partition coefficient (Wildman–Crippen LogP) is 4.66. The average Bonchev–Trinajstić information content (AvgIpc) is 3.20. The molecule has 0 saturated heterocycles. The lowest BCUT2D eigenvalue weighted by Gasteiger charge is -2.23. The van der Waals surface area contributed by atoms with Crippen molar-refractivity contribution in [1.29, 1.82) is 0 Å². The maximum atomic E-state index is 12.6. The van der Waals surface area contributed by atoms with E-state index >= 15 is 0 Å². The summed E-state index contributed by atoms with van der Waals surface area (Å²) < 4.78 is 1.87. The third-order valence-electron chi connectivity index (χ3n) is 5.00. The van der Waals surface area contributed by atoms with Crippen molar-refractivity contribution >= 4 is 6.03 Å². The Kier molecular flexibility index (Phi) is 7.22. The minimum Gasteiger partial charge on any atom is -0.331 e. The van der Waals surface area contributed by atoms with Crippen molar-refractivity contribution in [3.8, 4) is 5.69 Å². The third-order valence-corrected chi connectivity index (χ3v) is 5.00. The summed E-state index contributed by atoms with van der Waals surface area (Å²) >= 11 is 0. The van der Waals surface area contributed by atoms with Gasteiger partial charge in [-0.1, -0.05) is 70.2 Å². The van der Waals surface area contributed by atoms with Crippen LogP contribution in [0.25, 0.3) is 5.69 Å². The van der Waals surface area contributed by atoms with E-state index in [1.54, 1.807) is 6.33 Å². The van der Waals surface area contributed by atoms with Crippen molar-refractivity contribution in [2.45, 2.75) is 46.7 Å². The maximum absolute atomic E-state index is 12.6. The molecule has 0 spiro atoms. The summed E-state index contributed by atoms with van der Waals surface area (Å²) in [5.74, 6) is 1.56. The van der Waals surface area contributed by atoms with Crippen LogP contribution in [0.4, 0.5) is 4.79 Å². The predicted molar refractivity (Wildman–Crippen MR) is 119 cm³/mol. The van der Waals surface area contributed by atoms with Crippen LogP contribution in [0.1, 0.15) is 50.7 Å². The highest BCUT2D eigenvalue weighted by Gasteiger charge is 2.19. The summed E-state index contributed by atoms with van der Waals surface area (Å²) in [6.45, 7) is 8.95. The topological polar surface area (TPSA) is 71.8 Å². The Morgan fingerprint density at radius 3 is 2.33 bits per heavy atom. The van der Waals surface area contributed by atoms with Gasteiger partial charge in [0.2, 0.25) is 0 Å². The Labute approximate surface area is 178 Å². The molecule has 30 heavy (non-hydrogen) atoms. The first kappa shape index (κ1) is 21.6. The van der Waals surface area contributed by atoms with Crippen molar-refractivity contribution < 1.29 is 4.79 Å². The van der Waals surface area contributed by atoms with Crippen LogP contribution in [0.15, 0.2) is 60.9 Å². The van der Waals surface area contributed by atoms with Gasteiger partial charge in [-0.05, 0) is 41.5 Å². The number of benzene rings is 2.